The first-order valence-electron chi connectivity index (χ1n) is 4.02. The molecule has 76 valence electrons. The molecule has 0 saturated carbocycles. The summed E-state index contributed by atoms with van der Waals surface area (Å²) in [5, 5.41) is 5.47. The standard InChI is InChI=1S/C9H10ClFN2O/c1-12-9(14)5-13-8-3-6(10)2-7(11)4-8/h2-4,13H,5H2,1H3,(H,12,14). The van der Waals surface area contributed by atoms with E-state index in [1.54, 1.807) is 6.07 Å². The normalized spacial score (nSPS) is 9.64. The molecule has 0 atom stereocenters. The lowest BCUT2D eigenvalue weighted by Crippen LogP contribution is -2.26. The zero-order chi connectivity index (χ0) is 10.6. The minimum atomic E-state index is -0.433. The SMILES string of the molecule is CNC(=O)CNc1cc(F)cc(Cl)c1. The first-order chi connectivity index (χ1) is 6.61. The van der Waals surface area contributed by atoms with Gasteiger partial charge in [0.15, 0.2) is 0 Å². The average Bonchev–Trinajstić information content (AvgIpc) is 2.12. The molecule has 0 aliphatic heterocycles. The topological polar surface area (TPSA) is 41.1 Å². The molecule has 0 bridgehead atoms. The maximum atomic E-state index is 12.8. The lowest BCUT2D eigenvalue weighted by atomic mass is 10.3. The molecule has 1 rings (SSSR count). The summed E-state index contributed by atoms with van der Waals surface area (Å²) in [6.45, 7) is 0.0935. The molecular formula is C9H10ClFN2O. The van der Waals surface area contributed by atoms with E-state index in [1.807, 2.05) is 0 Å². The molecule has 0 spiro atoms. The molecule has 5 heteroatoms. The summed E-state index contributed by atoms with van der Waals surface area (Å²) in [4.78, 5) is 10.9. The Kier molecular flexibility index (Phi) is 3.71. The largest absolute Gasteiger partial charge is 0.376 e. The minimum absolute atomic E-state index is 0.0935. The van der Waals surface area contributed by atoms with Gasteiger partial charge >= 0.3 is 0 Å². The van der Waals surface area contributed by atoms with Gasteiger partial charge in [-0.3, -0.25) is 4.79 Å². The fourth-order valence-electron chi connectivity index (χ4n) is 0.927. The second-order valence-electron chi connectivity index (χ2n) is 2.68. The van der Waals surface area contributed by atoms with Crippen LogP contribution in [0, 0.1) is 5.82 Å². The van der Waals surface area contributed by atoms with Crippen molar-refractivity contribution in [3.8, 4) is 0 Å². The predicted octanol–water partition coefficient (Wildman–Crippen LogP) is 1.64. The number of amides is 1. The predicted molar refractivity (Wildman–Crippen MR) is 54.0 cm³/mol. The minimum Gasteiger partial charge on any atom is -0.376 e. The summed E-state index contributed by atoms with van der Waals surface area (Å²) < 4.78 is 12.8. The molecule has 1 aromatic rings. The van der Waals surface area contributed by atoms with Gasteiger partial charge in [-0.05, 0) is 18.2 Å². The van der Waals surface area contributed by atoms with Crippen LogP contribution in [0.5, 0.6) is 0 Å². The van der Waals surface area contributed by atoms with Gasteiger partial charge in [0, 0.05) is 17.8 Å². The van der Waals surface area contributed by atoms with E-state index in [0.29, 0.717) is 10.7 Å². The second-order valence-corrected chi connectivity index (χ2v) is 3.12. The molecule has 0 heterocycles. The third-order valence-electron chi connectivity index (χ3n) is 1.59. The summed E-state index contributed by atoms with van der Waals surface area (Å²) >= 11 is 5.62. The van der Waals surface area contributed by atoms with Crippen LogP contribution in [0.2, 0.25) is 5.02 Å². The van der Waals surface area contributed by atoms with Crippen LogP contribution >= 0.6 is 11.6 Å². The monoisotopic (exact) mass is 216 g/mol. The molecular weight excluding hydrogens is 207 g/mol. The van der Waals surface area contributed by atoms with E-state index in [1.165, 1.54) is 19.2 Å². The van der Waals surface area contributed by atoms with Crippen LogP contribution in [0.1, 0.15) is 0 Å². The van der Waals surface area contributed by atoms with Crippen molar-refractivity contribution in [2.24, 2.45) is 0 Å². The third kappa shape index (κ3) is 3.22. The molecule has 0 aromatic heterocycles. The lowest BCUT2D eigenvalue weighted by molar-refractivity contribution is -0.118. The van der Waals surface area contributed by atoms with Gasteiger partial charge in [-0.2, -0.15) is 0 Å². The van der Waals surface area contributed by atoms with Gasteiger partial charge in [0.25, 0.3) is 0 Å². The van der Waals surface area contributed by atoms with Crippen molar-refractivity contribution in [2.45, 2.75) is 0 Å². The smallest absolute Gasteiger partial charge is 0.239 e. The van der Waals surface area contributed by atoms with E-state index in [0.717, 1.165) is 0 Å². The Labute approximate surface area is 86.3 Å². The molecule has 14 heavy (non-hydrogen) atoms. The van der Waals surface area contributed by atoms with Gasteiger partial charge in [0.1, 0.15) is 5.82 Å². The number of rotatable bonds is 3. The number of hydrogen-bond donors (Lipinski definition) is 2. The van der Waals surface area contributed by atoms with Crippen molar-refractivity contribution in [2.75, 3.05) is 18.9 Å². The first kappa shape index (κ1) is 10.8. The summed E-state index contributed by atoms with van der Waals surface area (Å²) in [7, 11) is 1.53. The molecule has 0 saturated heterocycles. The summed E-state index contributed by atoms with van der Waals surface area (Å²) in [6.07, 6.45) is 0. The van der Waals surface area contributed by atoms with E-state index >= 15 is 0 Å². The molecule has 0 aliphatic carbocycles. The zero-order valence-corrected chi connectivity index (χ0v) is 8.36. The lowest BCUT2D eigenvalue weighted by Gasteiger charge is -2.05. The summed E-state index contributed by atoms with van der Waals surface area (Å²) in [5.41, 5.74) is 0.485. The molecule has 3 nitrogen and oxygen atoms in total. The van der Waals surface area contributed by atoms with Gasteiger partial charge in [-0.25, -0.2) is 4.39 Å². The molecule has 2 N–H and O–H groups in total. The fourth-order valence-corrected chi connectivity index (χ4v) is 1.15. The van der Waals surface area contributed by atoms with Crippen molar-refractivity contribution in [3.05, 3.63) is 29.0 Å². The van der Waals surface area contributed by atoms with Crippen LogP contribution in [0.15, 0.2) is 18.2 Å². The number of carbonyl (C=O) groups excluding carboxylic acids is 1. The van der Waals surface area contributed by atoms with Crippen LogP contribution in [-0.2, 0) is 4.79 Å². The van der Waals surface area contributed by atoms with Crippen LogP contribution in [0.3, 0.4) is 0 Å². The third-order valence-corrected chi connectivity index (χ3v) is 1.81. The van der Waals surface area contributed by atoms with E-state index in [9.17, 15) is 9.18 Å². The zero-order valence-electron chi connectivity index (χ0n) is 7.60. The van der Waals surface area contributed by atoms with E-state index < -0.39 is 5.82 Å². The van der Waals surface area contributed by atoms with Crippen LogP contribution < -0.4 is 10.6 Å². The number of likely N-dealkylation sites (N-methyl/N-ethyl adjacent to an activating group) is 1. The van der Waals surface area contributed by atoms with Crippen LogP contribution in [0.25, 0.3) is 0 Å². The van der Waals surface area contributed by atoms with Crippen LogP contribution in [-0.4, -0.2) is 19.5 Å². The van der Waals surface area contributed by atoms with Gasteiger partial charge < -0.3 is 10.6 Å². The Morgan fingerprint density at radius 2 is 2.21 bits per heavy atom. The Hall–Kier alpha value is -1.29. The molecule has 1 aromatic carbocycles. The highest BCUT2D eigenvalue weighted by atomic mass is 35.5. The molecule has 0 aliphatic rings. The Morgan fingerprint density at radius 3 is 2.79 bits per heavy atom. The van der Waals surface area contributed by atoms with E-state index in [2.05, 4.69) is 10.6 Å². The molecule has 0 radical (unpaired) electrons. The Balaban J connectivity index is 2.63. The number of benzene rings is 1. The van der Waals surface area contributed by atoms with Gasteiger partial charge in [0.05, 0.1) is 6.54 Å². The molecule has 0 fully saturated rings. The van der Waals surface area contributed by atoms with Crippen molar-refractivity contribution < 1.29 is 9.18 Å². The summed E-state index contributed by atoms with van der Waals surface area (Å²) in [5.74, 6) is -0.609. The highest BCUT2D eigenvalue weighted by Gasteiger charge is 2.00. The maximum absolute atomic E-state index is 12.8. The quantitative estimate of drug-likeness (QED) is 0.807. The average molecular weight is 217 g/mol. The molecule has 0 unspecified atom stereocenters. The van der Waals surface area contributed by atoms with Crippen molar-refractivity contribution >= 4 is 23.2 Å². The first-order valence-corrected chi connectivity index (χ1v) is 4.40. The number of halogens is 2. The molecule has 1 amide bonds. The highest BCUT2D eigenvalue weighted by molar-refractivity contribution is 6.30. The number of hydrogen-bond acceptors (Lipinski definition) is 2. The number of carbonyl (C=O) groups is 1. The highest BCUT2D eigenvalue weighted by Crippen LogP contribution is 2.17. The van der Waals surface area contributed by atoms with Crippen molar-refractivity contribution in [3.63, 3.8) is 0 Å². The Bertz CT molecular complexity index is 323. The number of nitrogens with one attached hydrogen (secondary N) is 2. The van der Waals surface area contributed by atoms with E-state index in [4.69, 9.17) is 11.6 Å². The van der Waals surface area contributed by atoms with Crippen molar-refractivity contribution in [1.29, 1.82) is 0 Å². The fraction of sp³-hybridized carbons (Fsp3) is 0.222. The number of anilines is 1. The van der Waals surface area contributed by atoms with Gasteiger partial charge in [-0.1, -0.05) is 11.6 Å². The van der Waals surface area contributed by atoms with E-state index in [-0.39, 0.29) is 12.5 Å². The van der Waals surface area contributed by atoms with Gasteiger partial charge in [0.2, 0.25) is 5.91 Å². The maximum Gasteiger partial charge on any atom is 0.239 e. The van der Waals surface area contributed by atoms with Crippen molar-refractivity contribution in [1.82, 2.24) is 5.32 Å². The van der Waals surface area contributed by atoms with Crippen LogP contribution in [0.4, 0.5) is 10.1 Å². The summed E-state index contributed by atoms with van der Waals surface area (Å²) in [6, 6.07) is 4.02. The Morgan fingerprint density at radius 1 is 1.50 bits per heavy atom. The van der Waals surface area contributed by atoms with Gasteiger partial charge in [-0.15, -0.1) is 0 Å². The second kappa shape index (κ2) is 4.81.